The molecule has 2 aromatic carbocycles. The highest BCUT2D eigenvalue weighted by Crippen LogP contribution is 2.32. The summed E-state index contributed by atoms with van der Waals surface area (Å²) >= 11 is 7.20. The highest BCUT2D eigenvalue weighted by atomic mass is 35.5. The lowest BCUT2D eigenvalue weighted by atomic mass is 10.0. The lowest BCUT2D eigenvalue weighted by Crippen LogP contribution is -2.24. The van der Waals surface area contributed by atoms with Crippen LogP contribution in [0.2, 0.25) is 5.02 Å². The first-order valence-electron chi connectivity index (χ1n) is 9.14. The summed E-state index contributed by atoms with van der Waals surface area (Å²) in [6.45, 7) is 3.99. The molecule has 8 heteroatoms. The Balaban J connectivity index is 1.66. The third-order valence-electron chi connectivity index (χ3n) is 4.26. The molecule has 0 saturated heterocycles. The highest BCUT2D eigenvalue weighted by molar-refractivity contribution is 7.99. The minimum atomic E-state index is -0.126. The number of halogens is 1. The number of nitrogens with zero attached hydrogens (tertiary/aromatic N) is 3. The molecule has 6 nitrogen and oxygen atoms in total. The summed E-state index contributed by atoms with van der Waals surface area (Å²) in [5.41, 5.74) is 3.30. The molecule has 1 amide bonds. The average molecular weight is 437 g/mol. The molecular formula is C22H17ClN4O2S. The Morgan fingerprint density at radius 2 is 1.97 bits per heavy atom. The highest BCUT2D eigenvalue weighted by Gasteiger charge is 2.16. The van der Waals surface area contributed by atoms with E-state index >= 15 is 0 Å². The molecular weight excluding hydrogens is 420 g/mol. The number of para-hydroxylation sites is 1. The quantitative estimate of drug-likeness (QED) is 0.324. The molecule has 1 N–H and O–H groups in total. The van der Waals surface area contributed by atoms with Crippen molar-refractivity contribution in [2.24, 2.45) is 0 Å². The number of thioether (sulfide) groups is 1. The van der Waals surface area contributed by atoms with E-state index in [0.717, 1.165) is 27.7 Å². The lowest BCUT2D eigenvalue weighted by Gasteiger charge is -2.07. The van der Waals surface area contributed by atoms with Crippen molar-refractivity contribution in [1.82, 2.24) is 20.5 Å². The van der Waals surface area contributed by atoms with E-state index in [2.05, 4.69) is 22.1 Å². The summed E-state index contributed by atoms with van der Waals surface area (Å²) in [5, 5.41) is 12.9. The number of benzene rings is 2. The molecule has 0 aliphatic carbocycles. The molecule has 0 atom stereocenters. The minimum absolute atomic E-state index is 0.126. The van der Waals surface area contributed by atoms with Gasteiger partial charge in [-0.3, -0.25) is 4.79 Å². The standard InChI is InChI=1S/C22H17ClN4O2S/c1-2-11-24-20(28)13-30-22-27-26-21(29-22)17-12-19(14-7-9-15(23)10-8-14)25-18-6-4-3-5-16(17)18/h2-10,12H,1,11,13H2,(H,24,28). The third-order valence-corrected chi connectivity index (χ3v) is 5.33. The molecule has 4 rings (SSSR count). The molecule has 30 heavy (non-hydrogen) atoms. The van der Waals surface area contributed by atoms with Crippen LogP contribution in [0.4, 0.5) is 0 Å². The lowest BCUT2D eigenvalue weighted by molar-refractivity contribution is -0.118. The van der Waals surface area contributed by atoms with Gasteiger partial charge in [0.25, 0.3) is 5.22 Å². The van der Waals surface area contributed by atoms with Crippen molar-refractivity contribution >= 4 is 40.2 Å². The fourth-order valence-electron chi connectivity index (χ4n) is 2.86. The van der Waals surface area contributed by atoms with Crippen LogP contribution < -0.4 is 5.32 Å². The zero-order valence-corrected chi connectivity index (χ0v) is 17.4. The molecule has 0 aliphatic rings. The van der Waals surface area contributed by atoms with E-state index in [1.807, 2.05) is 54.6 Å². The molecule has 0 radical (unpaired) electrons. The first-order chi connectivity index (χ1) is 14.6. The maximum absolute atomic E-state index is 11.8. The topological polar surface area (TPSA) is 80.9 Å². The zero-order chi connectivity index (χ0) is 20.9. The van der Waals surface area contributed by atoms with Crippen LogP contribution in [0, 0.1) is 0 Å². The number of amides is 1. The van der Waals surface area contributed by atoms with Crippen molar-refractivity contribution in [1.29, 1.82) is 0 Å². The van der Waals surface area contributed by atoms with E-state index in [-0.39, 0.29) is 11.7 Å². The maximum atomic E-state index is 11.8. The van der Waals surface area contributed by atoms with Crippen molar-refractivity contribution in [3.05, 3.63) is 72.3 Å². The molecule has 0 bridgehead atoms. The second kappa shape index (κ2) is 9.11. The van der Waals surface area contributed by atoms with Crippen LogP contribution in [0.5, 0.6) is 0 Å². The fourth-order valence-corrected chi connectivity index (χ4v) is 3.58. The molecule has 2 heterocycles. The van der Waals surface area contributed by atoms with Gasteiger partial charge < -0.3 is 9.73 Å². The van der Waals surface area contributed by atoms with E-state index in [0.29, 0.717) is 22.7 Å². The molecule has 0 unspecified atom stereocenters. The first kappa shape index (κ1) is 20.1. The molecule has 0 saturated carbocycles. The Morgan fingerprint density at radius 3 is 2.77 bits per heavy atom. The Hall–Kier alpha value is -3.16. The molecule has 0 fully saturated rings. The molecule has 0 aliphatic heterocycles. The summed E-state index contributed by atoms with van der Waals surface area (Å²) in [6, 6.07) is 17.2. The van der Waals surface area contributed by atoms with Gasteiger partial charge in [-0.15, -0.1) is 16.8 Å². The Bertz CT molecular complexity index is 1210. The van der Waals surface area contributed by atoms with Gasteiger partial charge in [0.1, 0.15) is 0 Å². The van der Waals surface area contributed by atoms with Crippen LogP contribution in [0.15, 0.2) is 76.9 Å². The van der Waals surface area contributed by atoms with Crippen LogP contribution in [-0.4, -0.2) is 33.4 Å². The number of hydrogen-bond acceptors (Lipinski definition) is 6. The van der Waals surface area contributed by atoms with E-state index in [9.17, 15) is 4.79 Å². The van der Waals surface area contributed by atoms with Crippen molar-refractivity contribution < 1.29 is 9.21 Å². The number of carbonyl (C=O) groups is 1. The van der Waals surface area contributed by atoms with Crippen molar-refractivity contribution in [3.8, 4) is 22.7 Å². The molecule has 0 spiro atoms. The molecule has 4 aromatic rings. The number of carbonyl (C=O) groups excluding carboxylic acids is 1. The summed E-state index contributed by atoms with van der Waals surface area (Å²) < 4.78 is 5.83. The number of fused-ring (bicyclic) bond motifs is 1. The minimum Gasteiger partial charge on any atom is -0.411 e. The van der Waals surface area contributed by atoms with E-state index in [1.165, 1.54) is 11.8 Å². The van der Waals surface area contributed by atoms with E-state index in [4.69, 9.17) is 21.0 Å². The number of rotatable bonds is 7. The largest absolute Gasteiger partial charge is 0.411 e. The van der Waals surface area contributed by atoms with Gasteiger partial charge in [-0.2, -0.15) is 0 Å². The molecule has 2 aromatic heterocycles. The van der Waals surface area contributed by atoms with Gasteiger partial charge in [0.05, 0.1) is 22.5 Å². The van der Waals surface area contributed by atoms with Gasteiger partial charge in [-0.25, -0.2) is 4.98 Å². The predicted molar refractivity (Wildman–Crippen MR) is 119 cm³/mol. The second-order valence-corrected chi connectivity index (χ2v) is 7.70. The Labute approximate surface area is 182 Å². The van der Waals surface area contributed by atoms with Crippen molar-refractivity contribution in [2.45, 2.75) is 5.22 Å². The fraction of sp³-hybridized carbons (Fsp3) is 0.0909. The number of nitrogens with one attached hydrogen (secondary N) is 1. The number of hydrogen-bond donors (Lipinski definition) is 1. The third kappa shape index (κ3) is 4.53. The van der Waals surface area contributed by atoms with Gasteiger partial charge in [0.2, 0.25) is 11.8 Å². The summed E-state index contributed by atoms with van der Waals surface area (Å²) in [6.07, 6.45) is 1.63. The maximum Gasteiger partial charge on any atom is 0.277 e. The van der Waals surface area contributed by atoms with E-state index in [1.54, 1.807) is 6.08 Å². The molecule has 150 valence electrons. The summed E-state index contributed by atoms with van der Waals surface area (Å²) in [7, 11) is 0. The van der Waals surface area contributed by atoms with Crippen LogP contribution in [0.1, 0.15) is 0 Å². The normalized spacial score (nSPS) is 10.8. The van der Waals surface area contributed by atoms with Gasteiger partial charge >= 0.3 is 0 Å². The van der Waals surface area contributed by atoms with E-state index < -0.39 is 0 Å². The van der Waals surface area contributed by atoms with Crippen LogP contribution in [0.25, 0.3) is 33.6 Å². The van der Waals surface area contributed by atoms with Crippen LogP contribution in [0.3, 0.4) is 0 Å². The van der Waals surface area contributed by atoms with Gasteiger partial charge in [-0.05, 0) is 24.3 Å². The summed E-state index contributed by atoms with van der Waals surface area (Å²) in [5.74, 6) is 0.430. The SMILES string of the molecule is C=CCNC(=O)CSc1nnc(-c2cc(-c3ccc(Cl)cc3)nc3ccccc23)o1. The van der Waals surface area contributed by atoms with Crippen LogP contribution >= 0.6 is 23.4 Å². The number of pyridine rings is 1. The Morgan fingerprint density at radius 1 is 1.17 bits per heavy atom. The van der Waals surface area contributed by atoms with Crippen molar-refractivity contribution in [3.63, 3.8) is 0 Å². The Kier molecular flexibility index (Phi) is 6.11. The monoisotopic (exact) mass is 436 g/mol. The van der Waals surface area contributed by atoms with Gasteiger partial charge in [0.15, 0.2) is 0 Å². The first-order valence-corrected chi connectivity index (χ1v) is 10.5. The predicted octanol–water partition coefficient (Wildman–Crippen LogP) is 5.00. The van der Waals surface area contributed by atoms with Gasteiger partial charge in [0, 0.05) is 22.5 Å². The zero-order valence-electron chi connectivity index (χ0n) is 15.8. The smallest absolute Gasteiger partial charge is 0.277 e. The second-order valence-electron chi connectivity index (χ2n) is 6.33. The summed E-state index contributed by atoms with van der Waals surface area (Å²) in [4.78, 5) is 16.5. The van der Waals surface area contributed by atoms with Crippen LogP contribution in [-0.2, 0) is 4.79 Å². The average Bonchev–Trinajstić information content (AvgIpc) is 3.25. The number of aromatic nitrogens is 3. The van der Waals surface area contributed by atoms with Crippen molar-refractivity contribution in [2.75, 3.05) is 12.3 Å². The van der Waals surface area contributed by atoms with Gasteiger partial charge in [-0.1, -0.05) is 59.8 Å².